The third-order valence-corrected chi connectivity index (χ3v) is 6.16. The molecule has 0 spiro atoms. The zero-order valence-corrected chi connectivity index (χ0v) is 16.5. The number of likely N-dealkylation sites (tertiary alicyclic amines) is 1. The van der Waals surface area contributed by atoms with E-state index in [9.17, 15) is 4.79 Å². The van der Waals surface area contributed by atoms with E-state index < -0.39 is 5.41 Å². The van der Waals surface area contributed by atoms with Crippen LogP contribution in [0.15, 0.2) is 54.6 Å². The van der Waals surface area contributed by atoms with Crippen molar-refractivity contribution in [1.29, 1.82) is 0 Å². The van der Waals surface area contributed by atoms with Crippen LogP contribution in [0, 0.1) is 0 Å². The molecule has 4 heteroatoms. The van der Waals surface area contributed by atoms with Gasteiger partial charge in [-0.25, -0.2) is 0 Å². The maximum atomic E-state index is 13.3. The van der Waals surface area contributed by atoms with Crippen LogP contribution in [0.5, 0.6) is 0 Å². The van der Waals surface area contributed by atoms with E-state index in [1.54, 1.807) is 0 Å². The van der Waals surface area contributed by atoms with Crippen LogP contribution < -0.4 is 5.32 Å². The first kappa shape index (κ1) is 19.2. The summed E-state index contributed by atoms with van der Waals surface area (Å²) in [4.78, 5) is 15.8. The molecule has 2 aromatic carbocycles. The average Bonchev–Trinajstić information content (AvgIpc) is 3.26. The number of ether oxygens (including phenoxy) is 1. The summed E-state index contributed by atoms with van der Waals surface area (Å²) < 4.78 is 5.55. The van der Waals surface area contributed by atoms with E-state index in [0.29, 0.717) is 19.8 Å². The first-order valence-electron chi connectivity index (χ1n) is 10.5. The minimum atomic E-state index is -0.479. The summed E-state index contributed by atoms with van der Waals surface area (Å²) in [7, 11) is 0. The topological polar surface area (TPSA) is 41.6 Å². The van der Waals surface area contributed by atoms with Gasteiger partial charge in [0.1, 0.15) is 0 Å². The molecular formula is C24H30N2O2. The Bertz CT molecular complexity index is 778. The van der Waals surface area contributed by atoms with Crippen molar-refractivity contribution in [1.82, 2.24) is 10.2 Å². The number of nitrogens with one attached hydrogen (secondary N) is 1. The lowest BCUT2D eigenvalue weighted by Gasteiger charge is -2.36. The molecule has 0 radical (unpaired) electrons. The van der Waals surface area contributed by atoms with Crippen molar-refractivity contribution < 1.29 is 9.53 Å². The Hall–Kier alpha value is -2.17. The minimum absolute atomic E-state index is 0.118. The largest absolute Gasteiger partial charge is 0.381 e. The van der Waals surface area contributed by atoms with E-state index in [-0.39, 0.29) is 5.91 Å². The maximum Gasteiger partial charge on any atom is 0.231 e. The highest BCUT2D eigenvalue weighted by Crippen LogP contribution is 2.35. The SMILES string of the molecule is O=C(NCc1cccc(CN2CCCC2)c1)C1(c2ccccc2)CCOCC1. The van der Waals surface area contributed by atoms with Crippen LogP contribution in [-0.4, -0.2) is 37.1 Å². The molecule has 2 fully saturated rings. The summed E-state index contributed by atoms with van der Waals surface area (Å²) in [5, 5.41) is 3.22. The summed E-state index contributed by atoms with van der Waals surface area (Å²) in [6.07, 6.45) is 4.08. The highest BCUT2D eigenvalue weighted by molar-refractivity contribution is 5.88. The molecule has 0 atom stereocenters. The van der Waals surface area contributed by atoms with Gasteiger partial charge in [-0.1, -0.05) is 54.6 Å². The van der Waals surface area contributed by atoms with E-state index >= 15 is 0 Å². The van der Waals surface area contributed by atoms with Crippen LogP contribution >= 0.6 is 0 Å². The zero-order valence-electron chi connectivity index (χ0n) is 16.5. The Kier molecular flexibility index (Phi) is 6.08. The van der Waals surface area contributed by atoms with Crippen molar-refractivity contribution in [3.8, 4) is 0 Å². The summed E-state index contributed by atoms with van der Waals surface area (Å²) in [5.74, 6) is 0.118. The molecule has 2 aromatic rings. The van der Waals surface area contributed by atoms with Gasteiger partial charge in [-0.05, 0) is 55.5 Å². The number of hydrogen-bond donors (Lipinski definition) is 1. The van der Waals surface area contributed by atoms with Crippen LogP contribution in [0.1, 0.15) is 42.4 Å². The Morgan fingerprint density at radius 3 is 2.43 bits per heavy atom. The van der Waals surface area contributed by atoms with E-state index in [2.05, 4.69) is 46.6 Å². The number of amides is 1. The third-order valence-electron chi connectivity index (χ3n) is 6.16. The van der Waals surface area contributed by atoms with Gasteiger partial charge in [0.05, 0.1) is 5.41 Å². The smallest absolute Gasteiger partial charge is 0.231 e. The zero-order chi connectivity index (χ0) is 19.2. The molecule has 0 saturated carbocycles. The fourth-order valence-electron chi connectivity index (χ4n) is 4.51. The molecule has 2 heterocycles. The molecule has 2 aliphatic heterocycles. The fourth-order valence-corrected chi connectivity index (χ4v) is 4.51. The number of nitrogens with zero attached hydrogens (tertiary/aromatic N) is 1. The molecule has 1 amide bonds. The van der Waals surface area contributed by atoms with E-state index in [4.69, 9.17) is 4.74 Å². The number of carbonyl (C=O) groups excluding carboxylic acids is 1. The predicted molar refractivity (Wildman–Crippen MR) is 111 cm³/mol. The van der Waals surface area contributed by atoms with Crippen LogP contribution in [-0.2, 0) is 28.0 Å². The normalized spacial score (nSPS) is 19.4. The van der Waals surface area contributed by atoms with Gasteiger partial charge in [0.2, 0.25) is 5.91 Å². The molecule has 4 nitrogen and oxygen atoms in total. The molecule has 28 heavy (non-hydrogen) atoms. The number of hydrogen-bond acceptors (Lipinski definition) is 3. The molecular weight excluding hydrogens is 348 g/mol. The highest BCUT2D eigenvalue weighted by Gasteiger charge is 2.41. The summed E-state index contributed by atoms with van der Waals surface area (Å²) in [6, 6.07) is 18.8. The van der Waals surface area contributed by atoms with Crippen molar-refractivity contribution >= 4 is 5.91 Å². The Balaban J connectivity index is 1.44. The van der Waals surface area contributed by atoms with Gasteiger partial charge in [-0.15, -0.1) is 0 Å². The molecule has 4 rings (SSSR count). The molecule has 0 bridgehead atoms. The lowest BCUT2D eigenvalue weighted by Crippen LogP contribution is -2.47. The van der Waals surface area contributed by atoms with Gasteiger partial charge in [0.25, 0.3) is 0 Å². The van der Waals surface area contributed by atoms with Crippen LogP contribution in [0.4, 0.5) is 0 Å². The molecule has 0 aromatic heterocycles. The fraction of sp³-hybridized carbons (Fsp3) is 0.458. The first-order valence-corrected chi connectivity index (χ1v) is 10.5. The van der Waals surface area contributed by atoms with E-state index in [1.165, 1.54) is 37.1 Å². The Labute approximate surface area is 167 Å². The minimum Gasteiger partial charge on any atom is -0.381 e. The van der Waals surface area contributed by atoms with Crippen molar-refractivity contribution in [3.63, 3.8) is 0 Å². The molecule has 1 N–H and O–H groups in total. The summed E-state index contributed by atoms with van der Waals surface area (Å²) in [5.41, 5.74) is 3.11. The highest BCUT2D eigenvalue weighted by atomic mass is 16.5. The molecule has 0 aliphatic carbocycles. The van der Waals surface area contributed by atoms with Crippen molar-refractivity contribution in [3.05, 3.63) is 71.3 Å². The second kappa shape index (κ2) is 8.89. The van der Waals surface area contributed by atoms with Crippen LogP contribution in [0.25, 0.3) is 0 Å². The number of rotatable bonds is 6. The molecule has 0 unspecified atom stereocenters. The van der Waals surface area contributed by atoms with E-state index in [1.807, 2.05) is 18.2 Å². The van der Waals surface area contributed by atoms with Crippen LogP contribution in [0.2, 0.25) is 0 Å². The summed E-state index contributed by atoms with van der Waals surface area (Å²) in [6.45, 7) is 5.24. The van der Waals surface area contributed by atoms with Gasteiger partial charge < -0.3 is 10.1 Å². The van der Waals surface area contributed by atoms with Crippen LogP contribution in [0.3, 0.4) is 0 Å². The second-order valence-electron chi connectivity index (χ2n) is 8.05. The summed E-state index contributed by atoms with van der Waals surface area (Å²) >= 11 is 0. The number of carbonyl (C=O) groups is 1. The lowest BCUT2D eigenvalue weighted by atomic mass is 9.73. The predicted octanol–water partition coefficient (Wildman–Crippen LogP) is 3.65. The maximum absolute atomic E-state index is 13.3. The van der Waals surface area contributed by atoms with Gasteiger partial charge in [0, 0.05) is 26.3 Å². The third kappa shape index (κ3) is 4.29. The van der Waals surface area contributed by atoms with Gasteiger partial charge in [-0.3, -0.25) is 9.69 Å². The average molecular weight is 379 g/mol. The quantitative estimate of drug-likeness (QED) is 0.834. The number of benzene rings is 2. The van der Waals surface area contributed by atoms with E-state index in [0.717, 1.165) is 24.9 Å². The van der Waals surface area contributed by atoms with Crippen molar-refractivity contribution in [2.45, 2.75) is 44.2 Å². The Morgan fingerprint density at radius 2 is 1.68 bits per heavy atom. The first-order chi connectivity index (χ1) is 13.8. The molecule has 2 aliphatic rings. The standard InChI is InChI=1S/C24H30N2O2/c27-23(24(11-15-28-16-12-24)22-9-2-1-3-10-22)25-18-20-7-6-8-21(17-20)19-26-13-4-5-14-26/h1-3,6-10,17H,4-5,11-16,18-19H2,(H,25,27). The van der Waals surface area contributed by atoms with Crippen molar-refractivity contribution in [2.75, 3.05) is 26.3 Å². The van der Waals surface area contributed by atoms with Gasteiger partial charge in [-0.2, -0.15) is 0 Å². The molecule has 148 valence electrons. The monoisotopic (exact) mass is 378 g/mol. The van der Waals surface area contributed by atoms with Gasteiger partial charge in [0.15, 0.2) is 0 Å². The molecule has 2 saturated heterocycles. The Morgan fingerprint density at radius 1 is 0.964 bits per heavy atom. The van der Waals surface area contributed by atoms with Gasteiger partial charge >= 0.3 is 0 Å². The lowest BCUT2D eigenvalue weighted by molar-refractivity contribution is -0.130. The second-order valence-corrected chi connectivity index (χ2v) is 8.05. The van der Waals surface area contributed by atoms with Crippen molar-refractivity contribution in [2.24, 2.45) is 0 Å².